The summed E-state index contributed by atoms with van der Waals surface area (Å²) in [6, 6.07) is 9.01. The molecule has 9 heteroatoms. The molecule has 2 aliphatic rings. The topological polar surface area (TPSA) is 29.8 Å². The van der Waals surface area contributed by atoms with Crippen LogP contribution in [0.2, 0.25) is 10.0 Å². The first-order valence-corrected chi connectivity index (χ1v) is 11.4. The number of piperidine rings is 1. The first-order valence-electron chi connectivity index (χ1n) is 9.73. The van der Waals surface area contributed by atoms with Crippen molar-refractivity contribution in [3.8, 4) is 0 Å². The number of halogens is 3. The van der Waals surface area contributed by atoms with Crippen LogP contribution >= 0.6 is 35.1 Å². The molecule has 0 aliphatic carbocycles. The summed E-state index contributed by atoms with van der Waals surface area (Å²) in [5.74, 6) is 0.577. The van der Waals surface area contributed by atoms with Crippen LogP contribution in [0.15, 0.2) is 30.3 Å². The van der Waals surface area contributed by atoms with Crippen molar-refractivity contribution in [2.45, 2.75) is 25.4 Å². The maximum Gasteiger partial charge on any atom is 0.142 e. The summed E-state index contributed by atoms with van der Waals surface area (Å²) in [6.07, 6.45) is 3.34. The average Bonchev–Trinajstić information content (AvgIpc) is 3.26. The zero-order valence-corrected chi connectivity index (χ0v) is 21.9. The molecule has 0 bridgehead atoms. The second-order valence-corrected chi connectivity index (χ2v) is 9.17. The fraction of sp³-hybridized carbons (Fsp3) is 0.429. The van der Waals surface area contributed by atoms with Gasteiger partial charge in [-0.2, -0.15) is 0 Å². The second-order valence-electron chi connectivity index (χ2n) is 7.25. The summed E-state index contributed by atoms with van der Waals surface area (Å²) in [5.41, 5.74) is 2.88. The number of nitrogens with zero attached hydrogens (tertiary/aromatic N) is 3. The van der Waals surface area contributed by atoms with Crippen molar-refractivity contribution in [2.24, 2.45) is 0 Å². The maximum atomic E-state index is 14.4. The molecule has 162 valence electrons. The van der Waals surface area contributed by atoms with Crippen molar-refractivity contribution in [1.82, 2.24) is 0 Å². The maximum absolute atomic E-state index is 14.4. The van der Waals surface area contributed by atoms with Crippen molar-refractivity contribution in [3.63, 3.8) is 0 Å². The van der Waals surface area contributed by atoms with Crippen LogP contribution in [0.4, 0.5) is 27.1 Å². The SMILES string of the molecule is COC1CCN(c2cc(Cl)cc([N-]c3cc(N4CCCS4)cc(F)c3Cl)c2)CC1.[W]. The van der Waals surface area contributed by atoms with Gasteiger partial charge in [0.2, 0.25) is 0 Å². The third-order valence-electron chi connectivity index (χ3n) is 5.29. The molecule has 2 aromatic rings. The minimum absolute atomic E-state index is 0. The van der Waals surface area contributed by atoms with Crippen LogP contribution in [0.5, 0.6) is 0 Å². The Bertz CT molecular complexity index is 878. The molecular weight excluding hydrogens is 616 g/mol. The predicted molar refractivity (Wildman–Crippen MR) is 122 cm³/mol. The van der Waals surface area contributed by atoms with Gasteiger partial charge in [0.05, 0.1) is 11.1 Å². The summed E-state index contributed by atoms with van der Waals surface area (Å²) >= 11 is 14.3. The number of hydrogen-bond donors (Lipinski definition) is 0. The molecule has 0 saturated carbocycles. The normalized spacial score (nSPS) is 17.2. The van der Waals surface area contributed by atoms with Crippen molar-refractivity contribution in [1.29, 1.82) is 0 Å². The van der Waals surface area contributed by atoms with Gasteiger partial charge in [0.25, 0.3) is 0 Å². The smallest absolute Gasteiger partial charge is 0.142 e. The van der Waals surface area contributed by atoms with E-state index < -0.39 is 5.82 Å². The van der Waals surface area contributed by atoms with E-state index >= 15 is 0 Å². The summed E-state index contributed by atoms with van der Waals surface area (Å²) in [5, 5.41) is 5.26. The Hall–Kier alpha value is -0.652. The van der Waals surface area contributed by atoms with Gasteiger partial charge in [-0.05, 0) is 43.3 Å². The minimum atomic E-state index is -0.459. The number of anilines is 2. The van der Waals surface area contributed by atoms with Crippen molar-refractivity contribution in [2.75, 3.05) is 41.7 Å². The van der Waals surface area contributed by atoms with E-state index in [1.807, 2.05) is 18.2 Å². The van der Waals surface area contributed by atoms with Gasteiger partial charge in [-0.1, -0.05) is 41.4 Å². The molecule has 0 aromatic heterocycles. The molecule has 0 atom stereocenters. The van der Waals surface area contributed by atoms with Gasteiger partial charge < -0.3 is 19.3 Å². The van der Waals surface area contributed by atoms with Gasteiger partial charge in [0.15, 0.2) is 0 Å². The first kappa shape index (κ1) is 24.0. The van der Waals surface area contributed by atoms with Gasteiger partial charge in [-0.25, -0.2) is 4.39 Å². The van der Waals surface area contributed by atoms with Crippen LogP contribution < -0.4 is 9.21 Å². The molecule has 0 N–H and O–H groups in total. The van der Waals surface area contributed by atoms with Crippen molar-refractivity contribution in [3.05, 3.63) is 51.5 Å². The standard InChI is InChI=1S/C21H23Cl2FN3OS.W/c1-28-18-3-6-26(7-4-18)16-10-14(22)9-15(11-16)25-20-13-17(12-19(24)21(20)23)27-5-2-8-29-27;/h9-13,18H,2-8H2,1H3;/q-1;. The van der Waals surface area contributed by atoms with Gasteiger partial charge >= 0.3 is 0 Å². The summed E-state index contributed by atoms with van der Waals surface area (Å²) in [4.78, 5) is 2.28. The van der Waals surface area contributed by atoms with Crippen LogP contribution in [0, 0.1) is 5.82 Å². The molecule has 2 fully saturated rings. The van der Waals surface area contributed by atoms with Crippen LogP contribution in [0.25, 0.3) is 5.32 Å². The fourth-order valence-corrected chi connectivity index (χ4v) is 5.10. The third-order valence-corrected chi connectivity index (χ3v) is 7.06. The number of benzene rings is 2. The van der Waals surface area contributed by atoms with Crippen LogP contribution in [0.3, 0.4) is 0 Å². The second kappa shape index (κ2) is 10.8. The van der Waals surface area contributed by atoms with Crippen molar-refractivity contribution >= 4 is 57.9 Å². The van der Waals surface area contributed by atoms with Gasteiger partial charge in [-0.3, -0.25) is 0 Å². The van der Waals surface area contributed by atoms with E-state index in [1.165, 1.54) is 6.07 Å². The quantitative estimate of drug-likeness (QED) is 0.332. The number of rotatable bonds is 5. The Kier molecular flexibility index (Phi) is 8.62. The molecule has 0 amide bonds. The molecule has 0 radical (unpaired) electrons. The van der Waals surface area contributed by atoms with Gasteiger partial charge in [-0.15, -0.1) is 11.4 Å². The Labute approximate surface area is 205 Å². The third kappa shape index (κ3) is 5.58. The molecule has 2 aromatic carbocycles. The zero-order valence-electron chi connectivity index (χ0n) is 16.6. The molecular formula is C21H23Cl2FN3OSW-. The minimum Gasteiger partial charge on any atom is -0.656 e. The van der Waals surface area contributed by atoms with Crippen molar-refractivity contribution < 1.29 is 30.2 Å². The van der Waals surface area contributed by atoms with E-state index in [0.717, 1.165) is 56.0 Å². The molecule has 2 heterocycles. The Morgan fingerprint density at radius 3 is 2.50 bits per heavy atom. The van der Waals surface area contributed by atoms with E-state index in [2.05, 4.69) is 14.5 Å². The Morgan fingerprint density at radius 2 is 1.83 bits per heavy atom. The fourth-order valence-electron chi connectivity index (χ4n) is 3.73. The van der Waals surface area contributed by atoms with Crippen LogP contribution in [-0.4, -0.2) is 38.6 Å². The van der Waals surface area contributed by atoms with E-state index in [9.17, 15) is 4.39 Å². The monoisotopic (exact) mass is 638 g/mol. The summed E-state index contributed by atoms with van der Waals surface area (Å²) < 4.78 is 22.0. The van der Waals surface area contributed by atoms with Crippen LogP contribution in [0.1, 0.15) is 19.3 Å². The summed E-state index contributed by atoms with van der Waals surface area (Å²) in [6.45, 7) is 2.69. The number of ether oxygens (including phenoxy) is 1. The molecule has 2 saturated heterocycles. The predicted octanol–water partition coefficient (Wildman–Crippen LogP) is 6.94. The number of hydrogen-bond acceptors (Lipinski definition) is 4. The largest absolute Gasteiger partial charge is 0.656 e. The molecule has 4 nitrogen and oxygen atoms in total. The van der Waals surface area contributed by atoms with E-state index in [1.54, 1.807) is 25.1 Å². The first-order chi connectivity index (χ1) is 14.0. The van der Waals surface area contributed by atoms with E-state index in [-0.39, 0.29) is 26.1 Å². The molecule has 0 unspecified atom stereocenters. The zero-order chi connectivity index (χ0) is 20.4. The molecule has 0 spiro atoms. The van der Waals surface area contributed by atoms with Gasteiger partial charge in [0, 0.05) is 70.0 Å². The molecule has 30 heavy (non-hydrogen) atoms. The Balaban J connectivity index is 0.00000256. The van der Waals surface area contributed by atoms with E-state index in [4.69, 9.17) is 27.9 Å². The van der Waals surface area contributed by atoms with Crippen LogP contribution in [-0.2, 0) is 25.8 Å². The number of methoxy groups -OCH3 is 1. The average molecular weight is 639 g/mol. The molecule has 2 aliphatic heterocycles. The van der Waals surface area contributed by atoms with E-state index in [0.29, 0.717) is 22.5 Å². The Morgan fingerprint density at radius 1 is 1.07 bits per heavy atom. The summed E-state index contributed by atoms with van der Waals surface area (Å²) in [7, 11) is 1.76. The molecule has 4 rings (SSSR count). The van der Waals surface area contributed by atoms with Gasteiger partial charge in [0.1, 0.15) is 5.82 Å².